The number of nitrogens with two attached hydrogens (primary N) is 1. The van der Waals surface area contributed by atoms with Crippen LogP contribution in [0.15, 0.2) is 29.4 Å². The van der Waals surface area contributed by atoms with Gasteiger partial charge in [0.1, 0.15) is 12.4 Å². The van der Waals surface area contributed by atoms with Crippen LogP contribution in [-0.4, -0.2) is 42.2 Å². The Kier molecular flexibility index (Phi) is 6.87. The Labute approximate surface area is 121 Å². The van der Waals surface area contributed by atoms with Gasteiger partial charge in [-0.2, -0.15) is 0 Å². The van der Waals surface area contributed by atoms with Crippen LogP contribution in [-0.2, 0) is 0 Å². The summed E-state index contributed by atoms with van der Waals surface area (Å²) in [5.74, 6) is 1.56. The van der Waals surface area contributed by atoms with Gasteiger partial charge in [0, 0.05) is 18.7 Å². The van der Waals surface area contributed by atoms with E-state index in [1.54, 1.807) is 12.1 Å². The Bertz CT molecular complexity index is 416. The molecule has 3 N–H and O–H groups in total. The fourth-order valence-electron chi connectivity index (χ4n) is 1.97. The van der Waals surface area contributed by atoms with Gasteiger partial charge in [-0.15, -0.1) is 0 Å². The van der Waals surface area contributed by atoms with E-state index in [1.807, 2.05) is 12.1 Å². The Morgan fingerprint density at radius 2 is 2.00 bits per heavy atom. The van der Waals surface area contributed by atoms with Crippen LogP contribution in [0.4, 0.5) is 0 Å². The van der Waals surface area contributed by atoms with Gasteiger partial charge in [-0.1, -0.05) is 25.9 Å². The zero-order valence-electron chi connectivity index (χ0n) is 12.5. The number of hydrogen-bond donors (Lipinski definition) is 2. The highest BCUT2D eigenvalue weighted by atomic mass is 16.5. The molecule has 1 aromatic rings. The van der Waals surface area contributed by atoms with Crippen LogP contribution in [0.5, 0.6) is 5.75 Å². The smallest absolute Gasteiger partial charge is 0.170 e. The standard InChI is InChI=1S/C15H25N3O2/c1-4-18(11-12(2)3)9-10-20-14-7-5-13(6-8-14)15(16)17-19/h5-8,12,19H,4,9-11H2,1-3H3,(H2,16,17). The fourth-order valence-corrected chi connectivity index (χ4v) is 1.97. The Balaban J connectivity index is 2.42. The molecule has 112 valence electrons. The number of hydrogen-bond acceptors (Lipinski definition) is 4. The number of rotatable bonds is 8. The van der Waals surface area contributed by atoms with Crippen molar-refractivity contribution in [1.29, 1.82) is 0 Å². The molecule has 0 saturated heterocycles. The second-order valence-corrected chi connectivity index (χ2v) is 5.15. The van der Waals surface area contributed by atoms with Crippen molar-refractivity contribution >= 4 is 5.84 Å². The van der Waals surface area contributed by atoms with Crippen molar-refractivity contribution in [2.24, 2.45) is 16.8 Å². The molecule has 0 aliphatic carbocycles. The first-order valence-electron chi connectivity index (χ1n) is 7.00. The van der Waals surface area contributed by atoms with Crippen LogP contribution in [0.25, 0.3) is 0 Å². The first-order chi connectivity index (χ1) is 9.56. The maximum Gasteiger partial charge on any atom is 0.170 e. The van der Waals surface area contributed by atoms with Crippen molar-refractivity contribution in [2.45, 2.75) is 20.8 Å². The van der Waals surface area contributed by atoms with Gasteiger partial charge in [0.15, 0.2) is 5.84 Å². The third kappa shape index (κ3) is 5.48. The lowest BCUT2D eigenvalue weighted by Crippen LogP contribution is -2.31. The molecule has 1 aromatic carbocycles. The van der Waals surface area contributed by atoms with Gasteiger partial charge in [-0.3, -0.25) is 4.90 Å². The molecule has 5 nitrogen and oxygen atoms in total. The second kappa shape index (κ2) is 8.43. The van der Waals surface area contributed by atoms with Crippen molar-refractivity contribution in [3.8, 4) is 5.75 Å². The van der Waals surface area contributed by atoms with Crippen LogP contribution in [0.3, 0.4) is 0 Å². The van der Waals surface area contributed by atoms with E-state index in [1.165, 1.54) is 0 Å². The van der Waals surface area contributed by atoms with E-state index in [0.29, 0.717) is 18.1 Å². The van der Waals surface area contributed by atoms with E-state index in [9.17, 15) is 0 Å². The van der Waals surface area contributed by atoms with Gasteiger partial charge in [-0.05, 0) is 36.7 Å². The third-order valence-corrected chi connectivity index (χ3v) is 3.00. The Hall–Kier alpha value is -1.75. The minimum absolute atomic E-state index is 0.102. The van der Waals surface area contributed by atoms with Crippen LogP contribution in [0.1, 0.15) is 26.3 Å². The summed E-state index contributed by atoms with van der Waals surface area (Å²) in [7, 11) is 0. The van der Waals surface area contributed by atoms with Crippen molar-refractivity contribution in [3.63, 3.8) is 0 Å². The molecule has 0 radical (unpaired) electrons. The molecule has 5 heteroatoms. The average Bonchev–Trinajstić information content (AvgIpc) is 2.45. The number of ether oxygens (including phenoxy) is 1. The van der Waals surface area contributed by atoms with Crippen molar-refractivity contribution in [1.82, 2.24) is 4.90 Å². The number of oxime groups is 1. The van der Waals surface area contributed by atoms with Gasteiger partial charge >= 0.3 is 0 Å². The largest absolute Gasteiger partial charge is 0.492 e. The first-order valence-corrected chi connectivity index (χ1v) is 7.00. The predicted molar refractivity (Wildman–Crippen MR) is 81.4 cm³/mol. The van der Waals surface area contributed by atoms with E-state index in [4.69, 9.17) is 15.7 Å². The van der Waals surface area contributed by atoms with Gasteiger partial charge < -0.3 is 15.7 Å². The average molecular weight is 279 g/mol. The zero-order chi connectivity index (χ0) is 15.0. The second-order valence-electron chi connectivity index (χ2n) is 5.15. The van der Waals surface area contributed by atoms with Gasteiger partial charge in [0.2, 0.25) is 0 Å². The molecule has 20 heavy (non-hydrogen) atoms. The summed E-state index contributed by atoms with van der Waals surface area (Å²) in [6, 6.07) is 7.20. The van der Waals surface area contributed by atoms with Gasteiger partial charge in [-0.25, -0.2) is 0 Å². The molecular weight excluding hydrogens is 254 g/mol. The van der Waals surface area contributed by atoms with E-state index >= 15 is 0 Å². The molecule has 0 unspecified atom stereocenters. The summed E-state index contributed by atoms with van der Waals surface area (Å²) in [6.07, 6.45) is 0. The van der Waals surface area contributed by atoms with E-state index in [-0.39, 0.29) is 5.84 Å². The molecule has 0 aliphatic heterocycles. The molecule has 1 rings (SSSR count). The monoisotopic (exact) mass is 279 g/mol. The maximum atomic E-state index is 8.59. The normalized spacial score (nSPS) is 12.2. The van der Waals surface area contributed by atoms with E-state index < -0.39 is 0 Å². The minimum atomic E-state index is 0.102. The molecule has 0 fully saturated rings. The highest BCUT2D eigenvalue weighted by Crippen LogP contribution is 2.12. The van der Waals surface area contributed by atoms with Gasteiger partial charge in [0.05, 0.1) is 0 Å². The molecule has 0 saturated carbocycles. The molecule has 0 heterocycles. The Morgan fingerprint density at radius 1 is 1.35 bits per heavy atom. The van der Waals surface area contributed by atoms with Crippen molar-refractivity contribution in [3.05, 3.63) is 29.8 Å². The third-order valence-electron chi connectivity index (χ3n) is 3.00. The van der Waals surface area contributed by atoms with Crippen molar-refractivity contribution in [2.75, 3.05) is 26.2 Å². The highest BCUT2D eigenvalue weighted by Gasteiger charge is 2.05. The van der Waals surface area contributed by atoms with Crippen LogP contribution in [0.2, 0.25) is 0 Å². The number of amidine groups is 1. The minimum Gasteiger partial charge on any atom is -0.492 e. The summed E-state index contributed by atoms with van der Waals surface area (Å²) in [6.45, 7) is 10.3. The lowest BCUT2D eigenvalue weighted by atomic mass is 10.2. The molecule has 0 bridgehead atoms. The number of nitrogens with zero attached hydrogens (tertiary/aromatic N) is 2. The number of likely N-dealkylation sites (N-methyl/N-ethyl adjacent to an activating group) is 1. The quantitative estimate of drug-likeness (QED) is 0.331. The molecule has 0 spiro atoms. The van der Waals surface area contributed by atoms with Crippen LogP contribution >= 0.6 is 0 Å². The SMILES string of the molecule is CCN(CCOc1ccc(/C(N)=N/O)cc1)CC(C)C. The lowest BCUT2D eigenvalue weighted by Gasteiger charge is -2.22. The summed E-state index contributed by atoms with van der Waals surface area (Å²) in [4.78, 5) is 2.37. The van der Waals surface area contributed by atoms with Crippen molar-refractivity contribution < 1.29 is 9.94 Å². The summed E-state index contributed by atoms with van der Waals surface area (Å²) < 4.78 is 5.70. The van der Waals surface area contributed by atoms with Crippen LogP contribution < -0.4 is 10.5 Å². The highest BCUT2D eigenvalue weighted by molar-refractivity contribution is 5.97. The molecule has 0 atom stereocenters. The lowest BCUT2D eigenvalue weighted by molar-refractivity contribution is 0.200. The van der Waals surface area contributed by atoms with Crippen LogP contribution in [0, 0.1) is 5.92 Å². The number of benzene rings is 1. The Morgan fingerprint density at radius 3 is 2.50 bits per heavy atom. The topological polar surface area (TPSA) is 71.1 Å². The molecule has 0 amide bonds. The first kappa shape index (κ1) is 16.3. The zero-order valence-corrected chi connectivity index (χ0v) is 12.5. The maximum absolute atomic E-state index is 8.59. The van der Waals surface area contributed by atoms with Gasteiger partial charge in [0.25, 0.3) is 0 Å². The fraction of sp³-hybridized carbons (Fsp3) is 0.533. The molecular formula is C15H25N3O2. The summed E-state index contributed by atoms with van der Waals surface area (Å²) in [5.41, 5.74) is 6.18. The predicted octanol–water partition coefficient (Wildman–Crippen LogP) is 2.14. The van der Waals surface area contributed by atoms with E-state index in [2.05, 4.69) is 30.8 Å². The van der Waals surface area contributed by atoms with E-state index in [0.717, 1.165) is 25.4 Å². The summed E-state index contributed by atoms with van der Waals surface area (Å²) in [5, 5.41) is 11.5. The summed E-state index contributed by atoms with van der Waals surface area (Å²) >= 11 is 0. The molecule has 0 aliphatic rings. The molecule has 0 aromatic heterocycles.